The van der Waals surface area contributed by atoms with Crippen LogP contribution in [0.4, 0.5) is 103 Å². The summed E-state index contributed by atoms with van der Waals surface area (Å²) >= 11 is 0. The second-order valence-electron chi connectivity index (χ2n) is 28.7. The van der Waals surface area contributed by atoms with Gasteiger partial charge in [0.2, 0.25) is 0 Å². The molecular formula is C97H105N17. The minimum atomic E-state index is -2.22. The molecule has 13 aromatic rings. The van der Waals surface area contributed by atoms with Crippen LogP contribution in [0.25, 0.3) is 0 Å². The number of nitrogens with zero attached hydrogens (tertiary/aromatic N) is 17. The third-order valence-electron chi connectivity index (χ3n) is 21.5. The molecule has 19 rings (SSSR count). The fourth-order valence-electron chi connectivity index (χ4n) is 15.6. The average Bonchev–Trinajstić information content (AvgIpc) is 1.63. The Morgan fingerprint density at radius 3 is 0.965 bits per heavy atom. The standard InChI is InChI=1S/C20H19N3.C19H18N4.C16H18N2.2C15H17N3.C12H16N2/c1-15-9-6-7-12-18(15)23-16(2)22(17-10-4-3-5-11-17)20-19(23)13-8-14-21-20;1-14-8-6-7-11-17(14)23-15(2)22(16-9-4-3-5-10-16)18-19(23)21-13-12-20-18;1-12-8-4-5-9-14(12)18-13(2)17(3)15-10-6-7-11-16(15)18;1-11-7-4-5-8-13(11)18-12(2)17(3)15-14(18)9-6-10-16-15;1-11-7-4-5-8-13(11)18-12(2)17(3)14-9-6-10-16-15(14)18;1-10-6-4-5-7-12(10)14-9-8-13(3)11(14)2/h3-14,16H,1-2H3;3-13,15H,1-2H3;4-11,13H,1-3H3;2*4-10,12H,1-3H3;4-9,11H,1-3H3/i;;4*3D3. The maximum Gasteiger partial charge on any atom is 0.178 e. The molecule has 0 saturated heterocycles. The van der Waals surface area contributed by atoms with E-state index in [9.17, 15) is 0 Å². The van der Waals surface area contributed by atoms with Gasteiger partial charge in [-0.15, -0.1) is 0 Å². The summed E-state index contributed by atoms with van der Waals surface area (Å²) in [7, 11) is 0. The molecule has 10 heterocycles. The molecule has 6 atom stereocenters. The molecule has 9 aromatic carbocycles. The van der Waals surface area contributed by atoms with Crippen LogP contribution in [-0.4, -0.2) is 94.7 Å². The van der Waals surface area contributed by atoms with E-state index in [0.717, 1.165) is 96.6 Å². The van der Waals surface area contributed by atoms with Crippen molar-refractivity contribution in [3.8, 4) is 0 Å². The first-order chi connectivity index (χ1) is 60.2. The third kappa shape index (κ3) is 15.3. The highest BCUT2D eigenvalue weighted by Gasteiger charge is 2.40. The van der Waals surface area contributed by atoms with Crippen LogP contribution in [-0.2, 0) is 0 Å². The Morgan fingerprint density at radius 1 is 0.219 bits per heavy atom. The summed E-state index contributed by atoms with van der Waals surface area (Å²) in [6.07, 6.45) is 11.3. The van der Waals surface area contributed by atoms with Gasteiger partial charge >= 0.3 is 0 Å². The Labute approximate surface area is 691 Å². The van der Waals surface area contributed by atoms with Gasteiger partial charge in [-0.1, -0.05) is 158 Å². The van der Waals surface area contributed by atoms with Crippen molar-refractivity contribution < 1.29 is 16.4 Å². The molecule has 6 unspecified atom stereocenters. The van der Waals surface area contributed by atoms with E-state index in [1.54, 1.807) is 37.1 Å². The smallest absolute Gasteiger partial charge is 0.178 e. The Kier molecular flexibility index (Phi) is 19.1. The van der Waals surface area contributed by atoms with Gasteiger partial charge < -0.3 is 58.8 Å². The van der Waals surface area contributed by atoms with Crippen LogP contribution in [0.3, 0.4) is 0 Å². The second kappa shape index (κ2) is 34.2. The van der Waals surface area contributed by atoms with Crippen molar-refractivity contribution in [2.24, 2.45) is 0 Å². The summed E-state index contributed by atoms with van der Waals surface area (Å²) in [5, 5.41) is 0. The highest BCUT2D eigenvalue weighted by Crippen LogP contribution is 2.50. The van der Waals surface area contributed by atoms with Crippen molar-refractivity contribution in [3.05, 3.63) is 344 Å². The predicted molar refractivity (Wildman–Crippen MR) is 477 cm³/mol. The molecule has 6 aliphatic rings. The maximum absolute atomic E-state index is 7.83. The van der Waals surface area contributed by atoms with Crippen LogP contribution >= 0.6 is 0 Å². The van der Waals surface area contributed by atoms with Crippen LogP contribution < -0.4 is 53.9 Å². The van der Waals surface area contributed by atoms with E-state index in [-0.39, 0.29) is 37.0 Å². The number of para-hydroxylation sites is 10. The number of rotatable bonds is 8. The van der Waals surface area contributed by atoms with Gasteiger partial charge in [0.05, 0.1) is 28.4 Å². The molecule has 0 N–H and O–H groups in total. The number of pyridine rings is 3. The molecule has 0 amide bonds. The monoisotopic (exact) mass is 1520 g/mol. The minimum Gasteiger partial charge on any atom is -0.359 e. The van der Waals surface area contributed by atoms with Crippen molar-refractivity contribution in [2.75, 3.05) is 81.8 Å². The van der Waals surface area contributed by atoms with Gasteiger partial charge in [-0.3, -0.25) is 0 Å². The molecule has 0 fully saturated rings. The number of hydrogen-bond donors (Lipinski definition) is 0. The summed E-state index contributed by atoms with van der Waals surface area (Å²) in [4.78, 5) is 45.5. The highest BCUT2D eigenvalue weighted by molar-refractivity contribution is 5.89. The quantitative estimate of drug-likeness (QED) is 0.144. The molecule has 17 heteroatoms. The van der Waals surface area contributed by atoms with Gasteiger partial charge in [0, 0.05) is 133 Å². The van der Waals surface area contributed by atoms with Crippen LogP contribution in [0, 0.1) is 41.5 Å². The van der Waals surface area contributed by atoms with Crippen molar-refractivity contribution in [2.45, 2.75) is 120 Å². The predicted octanol–water partition coefficient (Wildman–Crippen LogP) is 22.6. The lowest BCUT2D eigenvalue weighted by Crippen LogP contribution is -2.36. The summed E-state index contributed by atoms with van der Waals surface area (Å²) in [5.74, 6) is 4.01. The molecule has 578 valence electrons. The number of anilines is 18. The summed E-state index contributed by atoms with van der Waals surface area (Å²) in [6, 6.07) is 88.8. The van der Waals surface area contributed by atoms with Crippen molar-refractivity contribution >= 4 is 103 Å². The lowest BCUT2D eigenvalue weighted by Gasteiger charge is -2.30. The molecule has 114 heavy (non-hydrogen) atoms. The highest BCUT2D eigenvalue weighted by atomic mass is 15.5. The van der Waals surface area contributed by atoms with Crippen LogP contribution in [0.2, 0.25) is 0 Å². The van der Waals surface area contributed by atoms with E-state index < -0.39 is 27.9 Å². The van der Waals surface area contributed by atoms with Gasteiger partial charge in [-0.2, -0.15) is 0 Å². The topological polar surface area (TPSA) is 103 Å². The Morgan fingerprint density at radius 2 is 0.518 bits per heavy atom. The molecule has 0 bridgehead atoms. The molecule has 0 aliphatic carbocycles. The zero-order valence-electron chi connectivity index (χ0n) is 78.5. The van der Waals surface area contributed by atoms with Crippen LogP contribution in [0.5, 0.6) is 0 Å². The van der Waals surface area contributed by atoms with E-state index in [2.05, 4.69) is 180 Å². The molecule has 0 spiro atoms. The summed E-state index contributed by atoms with van der Waals surface area (Å²) in [6.45, 7) is 15.7. The molecule has 0 radical (unpaired) electrons. The minimum absolute atomic E-state index is 0.107. The number of aryl methyl sites for hydroxylation is 6. The number of benzene rings is 9. The average molecular weight is 1520 g/mol. The normalized spacial score (nSPS) is 19.8. The Balaban J connectivity index is 0.000000123. The van der Waals surface area contributed by atoms with Gasteiger partial charge in [0.15, 0.2) is 29.1 Å². The van der Waals surface area contributed by atoms with Gasteiger partial charge in [-0.05, 0) is 226 Å². The van der Waals surface area contributed by atoms with E-state index in [4.69, 9.17) is 16.4 Å². The molecule has 4 aromatic heterocycles. The van der Waals surface area contributed by atoms with Gasteiger partial charge in [-0.25, -0.2) is 24.9 Å². The number of fused-ring (bicyclic) bond motifs is 5. The molecule has 17 nitrogen and oxygen atoms in total. The lowest BCUT2D eigenvalue weighted by molar-refractivity contribution is 0.383. The fraction of sp³-hybridized carbons (Fsp3) is 0.227. The van der Waals surface area contributed by atoms with Gasteiger partial charge in [0.25, 0.3) is 0 Å². The van der Waals surface area contributed by atoms with Gasteiger partial charge in [0.1, 0.15) is 37.0 Å². The van der Waals surface area contributed by atoms with Crippen molar-refractivity contribution in [1.82, 2.24) is 29.8 Å². The lowest BCUT2D eigenvalue weighted by atomic mass is 10.1. The molecular weight excluding hydrogens is 1400 g/mol. The first kappa shape index (κ1) is 63.5. The number of hydrogen-bond acceptors (Lipinski definition) is 17. The maximum atomic E-state index is 7.83. The largest absolute Gasteiger partial charge is 0.359 e. The van der Waals surface area contributed by atoms with E-state index in [0.29, 0.717) is 17.3 Å². The van der Waals surface area contributed by atoms with Crippen molar-refractivity contribution in [3.63, 3.8) is 0 Å². The Bertz CT molecular complexity index is 5540. The van der Waals surface area contributed by atoms with E-state index in [1.807, 2.05) is 240 Å². The van der Waals surface area contributed by atoms with E-state index >= 15 is 0 Å². The first-order valence-corrected chi connectivity index (χ1v) is 38.6. The molecule has 0 saturated carbocycles. The number of aromatic nitrogens is 5. The Hall–Kier alpha value is -13.2. The fourth-order valence-corrected chi connectivity index (χ4v) is 15.6. The zero-order chi connectivity index (χ0) is 89.8. The van der Waals surface area contributed by atoms with Crippen LogP contribution in [0.15, 0.2) is 310 Å². The first-order valence-electron chi connectivity index (χ1n) is 44.6. The summed E-state index contributed by atoms with van der Waals surface area (Å²) in [5.41, 5.74) is 20.0. The zero-order valence-corrected chi connectivity index (χ0v) is 66.5. The SMILES string of the molecule is Cc1ccccc1N1c2cccnc2N(c2ccccc2)C1C.Cc1ccccc1N1c2nccnc2N(c2ccccc2)C1C.[2H]C([2H])([2H])N1C=CN(c2ccccc2C)C1C.[2H]C([2H])([2H])N1c2ccccc2N(c2ccccc2C)C1C.[2H]C([2H])([2H])N1c2cccnc2N(c2ccccc2C)C1C.[2H]C([2H])([2H])N1c2ncccc2N(c2ccccc2C)C1C. The van der Waals surface area contributed by atoms with Crippen LogP contribution in [0.1, 0.15) is 91.4 Å². The third-order valence-corrected chi connectivity index (χ3v) is 21.5. The summed E-state index contributed by atoms with van der Waals surface area (Å²) < 4.78 is 92.6. The van der Waals surface area contributed by atoms with E-state index in [1.165, 1.54) is 42.1 Å². The molecule has 6 aliphatic heterocycles. The van der Waals surface area contributed by atoms with Crippen molar-refractivity contribution in [1.29, 1.82) is 0 Å². The second-order valence-corrected chi connectivity index (χ2v) is 28.7.